The Morgan fingerprint density at radius 3 is 2.48 bits per heavy atom. The predicted octanol–water partition coefficient (Wildman–Crippen LogP) is 2.37. The lowest BCUT2D eigenvalue weighted by Gasteiger charge is -2.34. The molecule has 3 rings (SSSR count). The number of rotatable bonds is 5. The zero-order chi connectivity index (χ0) is 16.1. The van der Waals surface area contributed by atoms with E-state index in [0.717, 1.165) is 55.8 Å². The van der Waals surface area contributed by atoms with E-state index < -0.39 is 0 Å². The van der Waals surface area contributed by atoms with Crippen molar-refractivity contribution in [1.29, 1.82) is 0 Å². The Morgan fingerprint density at radius 1 is 1.09 bits per heavy atom. The first-order valence-corrected chi connectivity index (χ1v) is 7.99. The van der Waals surface area contributed by atoms with Crippen molar-refractivity contribution < 1.29 is 4.74 Å². The minimum atomic E-state index is 0.804. The molecule has 1 N–H and O–H groups in total. The molecule has 1 saturated heterocycles. The summed E-state index contributed by atoms with van der Waals surface area (Å²) < 4.78 is 5.17. The van der Waals surface area contributed by atoms with Gasteiger partial charge < -0.3 is 19.9 Å². The van der Waals surface area contributed by atoms with Gasteiger partial charge in [-0.25, -0.2) is 9.97 Å². The lowest BCUT2D eigenvalue weighted by Crippen LogP contribution is -2.46. The smallest absolute Gasteiger partial charge is 0.135 e. The summed E-state index contributed by atoms with van der Waals surface area (Å²) in [7, 11) is 1.66. The summed E-state index contributed by atoms with van der Waals surface area (Å²) in [6.07, 6.45) is 1.62. The van der Waals surface area contributed by atoms with Crippen molar-refractivity contribution in [2.75, 3.05) is 50.1 Å². The van der Waals surface area contributed by atoms with Gasteiger partial charge in [-0.1, -0.05) is 6.92 Å². The van der Waals surface area contributed by atoms with Crippen LogP contribution in [-0.4, -0.2) is 54.7 Å². The molecule has 0 amide bonds. The molecule has 122 valence electrons. The number of ether oxygens (including phenoxy) is 1. The highest BCUT2D eigenvalue weighted by atomic mass is 16.5. The van der Waals surface area contributed by atoms with Crippen LogP contribution in [0, 0.1) is 0 Å². The van der Waals surface area contributed by atoms with E-state index in [-0.39, 0.29) is 0 Å². The average Bonchev–Trinajstić information content (AvgIpc) is 2.63. The molecule has 1 fully saturated rings. The van der Waals surface area contributed by atoms with Gasteiger partial charge in [0.2, 0.25) is 0 Å². The second-order valence-corrected chi connectivity index (χ2v) is 5.54. The van der Waals surface area contributed by atoms with Crippen LogP contribution in [0.3, 0.4) is 0 Å². The second-order valence-electron chi connectivity index (χ2n) is 5.54. The van der Waals surface area contributed by atoms with Crippen LogP contribution in [0.2, 0.25) is 0 Å². The molecule has 2 heterocycles. The zero-order valence-corrected chi connectivity index (χ0v) is 13.7. The van der Waals surface area contributed by atoms with E-state index >= 15 is 0 Å². The second kappa shape index (κ2) is 7.28. The fraction of sp³-hybridized carbons (Fsp3) is 0.412. The summed E-state index contributed by atoms with van der Waals surface area (Å²) in [5, 5.41) is 3.31. The summed E-state index contributed by atoms with van der Waals surface area (Å²) in [6, 6.07) is 9.80. The van der Waals surface area contributed by atoms with Crippen molar-refractivity contribution in [2.24, 2.45) is 0 Å². The number of hydrogen-bond donors (Lipinski definition) is 1. The van der Waals surface area contributed by atoms with E-state index in [4.69, 9.17) is 4.74 Å². The molecule has 6 nitrogen and oxygen atoms in total. The van der Waals surface area contributed by atoms with E-state index in [1.807, 2.05) is 30.3 Å². The van der Waals surface area contributed by atoms with Gasteiger partial charge in [-0.15, -0.1) is 0 Å². The van der Waals surface area contributed by atoms with Gasteiger partial charge in [-0.3, -0.25) is 0 Å². The minimum Gasteiger partial charge on any atom is -0.497 e. The summed E-state index contributed by atoms with van der Waals surface area (Å²) >= 11 is 0. The van der Waals surface area contributed by atoms with Crippen LogP contribution in [0.5, 0.6) is 5.75 Å². The van der Waals surface area contributed by atoms with Crippen molar-refractivity contribution in [2.45, 2.75) is 6.92 Å². The Bertz CT molecular complexity index is 623. The van der Waals surface area contributed by atoms with E-state index in [1.165, 1.54) is 0 Å². The predicted molar refractivity (Wildman–Crippen MR) is 92.6 cm³/mol. The number of benzene rings is 1. The van der Waals surface area contributed by atoms with Crippen LogP contribution >= 0.6 is 0 Å². The third kappa shape index (κ3) is 3.90. The monoisotopic (exact) mass is 313 g/mol. The molecule has 6 heteroatoms. The molecule has 0 unspecified atom stereocenters. The molecular formula is C17H23N5O. The number of nitrogens with zero attached hydrogens (tertiary/aromatic N) is 4. The molecule has 0 bridgehead atoms. The van der Waals surface area contributed by atoms with Gasteiger partial charge in [0, 0.05) is 37.9 Å². The summed E-state index contributed by atoms with van der Waals surface area (Å²) in [5.74, 6) is 2.62. The molecular weight excluding hydrogens is 290 g/mol. The zero-order valence-electron chi connectivity index (χ0n) is 13.7. The Kier molecular flexibility index (Phi) is 4.92. The number of anilines is 3. The molecule has 2 aromatic rings. The average molecular weight is 313 g/mol. The standard InChI is InChI=1S/C17H23N5O/c1-3-21-8-10-22(11-9-21)17-12-16(18-13-19-17)20-14-4-6-15(23-2)7-5-14/h4-7,12-13H,3,8-11H2,1-2H3,(H,18,19,20). The Morgan fingerprint density at radius 2 is 1.83 bits per heavy atom. The van der Waals surface area contributed by atoms with Crippen LogP contribution in [0.1, 0.15) is 6.92 Å². The first-order chi connectivity index (χ1) is 11.3. The molecule has 23 heavy (non-hydrogen) atoms. The van der Waals surface area contributed by atoms with Crippen LogP contribution in [0.15, 0.2) is 36.7 Å². The van der Waals surface area contributed by atoms with Crippen molar-refractivity contribution in [1.82, 2.24) is 14.9 Å². The first-order valence-electron chi connectivity index (χ1n) is 7.99. The van der Waals surface area contributed by atoms with E-state index in [9.17, 15) is 0 Å². The minimum absolute atomic E-state index is 0.804. The van der Waals surface area contributed by atoms with Gasteiger partial charge in [0.25, 0.3) is 0 Å². The van der Waals surface area contributed by atoms with Crippen LogP contribution in [0.25, 0.3) is 0 Å². The van der Waals surface area contributed by atoms with Crippen LogP contribution in [0.4, 0.5) is 17.3 Å². The number of nitrogens with one attached hydrogen (secondary N) is 1. The molecule has 0 saturated carbocycles. The molecule has 1 aromatic heterocycles. The van der Waals surface area contributed by atoms with Gasteiger partial charge in [-0.05, 0) is 30.8 Å². The number of methoxy groups -OCH3 is 1. The maximum Gasteiger partial charge on any atom is 0.135 e. The summed E-state index contributed by atoms with van der Waals surface area (Å²) in [4.78, 5) is 13.5. The van der Waals surface area contributed by atoms with E-state index in [1.54, 1.807) is 13.4 Å². The largest absolute Gasteiger partial charge is 0.497 e. The number of likely N-dealkylation sites (N-methyl/N-ethyl adjacent to an activating group) is 1. The first kappa shape index (κ1) is 15.6. The summed E-state index contributed by atoms with van der Waals surface area (Å²) in [6.45, 7) is 7.50. The Balaban J connectivity index is 1.67. The molecule has 0 aliphatic carbocycles. The quantitative estimate of drug-likeness (QED) is 0.914. The van der Waals surface area contributed by atoms with Crippen LogP contribution < -0.4 is 15.0 Å². The van der Waals surface area contributed by atoms with Gasteiger partial charge in [-0.2, -0.15) is 0 Å². The number of aromatic nitrogens is 2. The topological polar surface area (TPSA) is 53.5 Å². The van der Waals surface area contributed by atoms with Crippen molar-refractivity contribution in [3.05, 3.63) is 36.7 Å². The van der Waals surface area contributed by atoms with E-state index in [2.05, 4.69) is 32.0 Å². The summed E-state index contributed by atoms with van der Waals surface area (Å²) in [5.41, 5.74) is 0.978. The van der Waals surface area contributed by atoms with Gasteiger partial charge in [0.1, 0.15) is 23.7 Å². The number of piperazine rings is 1. The van der Waals surface area contributed by atoms with Crippen molar-refractivity contribution >= 4 is 17.3 Å². The van der Waals surface area contributed by atoms with Crippen molar-refractivity contribution in [3.8, 4) is 5.75 Å². The molecule has 1 aromatic carbocycles. The Labute approximate surface area is 137 Å². The molecule has 1 aliphatic heterocycles. The molecule has 0 atom stereocenters. The van der Waals surface area contributed by atoms with Gasteiger partial charge in [0.15, 0.2) is 0 Å². The normalized spacial score (nSPS) is 15.5. The molecule has 0 radical (unpaired) electrons. The van der Waals surface area contributed by atoms with E-state index in [0.29, 0.717) is 0 Å². The van der Waals surface area contributed by atoms with Gasteiger partial charge >= 0.3 is 0 Å². The third-order valence-corrected chi connectivity index (χ3v) is 4.16. The maximum absolute atomic E-state index is 5.17. The Hall–Kier alpha value is -2.34. The van der Waals surface area contributed by atoms with Crippen LogP contribution in [-0.2, 0) is 0 Å². The SMILES string of the molecule is CCN1CCN(c2cc(Nc3ccc(OC)cc3)ncn2)CC1. The lowest BCUT2D eigenvalue weighted by atomic mass is 10.3. The van der Waals surface area contributed by atoms with Crippen molar-refractivity contribution in [3.63, 3.8) is 0 Å². The highest BCUT2D eigenvalue weighted by molar-refractivity contribution is 5.60. The highest BCUT2D eigenvalue weighted by Crippen LogP contribution is 2.21. The fourth-order valence-electron chi connectivity index (χ4n) is 2.70. The maximum atomic E-state index is 5.17. The molecule has 1 aliphatic rings. The van der Waals surface area contributed by atoms with Gasteiger partial charge in [0.05, 0.1) is 7.11 Å². The third-order valence-electron chi connectivity index (χ3n) is 4.16. The number of hydrogen-bond acceptors (Lipinski definition) is 6. The highest BCUT2D eigenvalue weighted by Gasteiger charge is 2.17. The lowest BCUT2D eigenvalue weighted by molar-refractivity contribution is 0.270. The fourth-order valence-corrected chi connectivity index (χ4v) is 2.70. The molecule has 0 spiro atoms.